The van der Waals surface area contributed by atoms with Crippen LogP contribution in [0.25, 0.3) is 6.08 Å². The molecule has 1 aliphatic heterocycles. The molecule has 1 aliphatic rings. The van der Waals surface area contributed by atoms with Gasteiger partial charge in [0, 0.05) is 11.6 Å². The van der Waals surface area contributed by atoms with Gasteiger partial charge in [-0.05, 0) is 52.9 Å². The van der Waals surface area contributed by atoms with Crippen molar-refractivity contribution in [3.63, 3.8) is 0 Å². The van der Waals surface area contributed by atoms with Gasteiger partial charge in [-0.25, -0.2) is 8.78 Å². The predicted octanol–water partition coefficient (Wildman–Crippen LogP) is 5.57. The number of benzene rings is 3. The number of halogens is 2. The lowest BCUT2D eigenvalue weighted by atomic mass is 9.97. The monoisotopic (exact) mass is 345 g/mol. The summed E-state index contributed by atoms with van der Waals surface area (Å²) in [5.74, 6) is -1.09. The first-order chi connectivity index (χ1) is 12.7. The molecule has 0 saturated heterocycles. The molecular formula is C23H17F2N. The normalized spacial score (nSPS) is 13.1. The number of fused-ring (bicyclic) bond motifs is 1. The summed E-state index contributed by atoms with van der Waals surface area (Å²) in [7, 11) is 0. The minimum atomic E-state index is -0.547. The largest absolute Gasteiger partial charge is 0.280 e. The van der Waals surface area contributed by atoms with Gasteiger partial charge in [0.15, 0.2) is 0 Å². The highest BCUT2D eigenvalue weighted by Crippen LogP contribution is 2.23. The van der Waals surface area contributed by atoms with Crippen LogP contribution in [0.3, 0.4) is 0 Å². The van der Waals surface area contributed by atoms with Crippen molar-refractivity contribution in [1.29, 1.82) is 0 Å². The number of aliphatic imine (C=N–C) groups is 1. The molecule has 0 spiro atoms. The van der Waals surface area contributed by atoms with E-state index in [-0.39, 0.29) is 0 Å². The first kappa shape index (κ1) is 16.4. The molecule has 0 bridgehead atoms. The highest BCUT2D eigenvalue weighted by molar-refractivity contribution is 6.13. The van der Waals surface area contributed by atoms with E-state index in [9.17, 15) is 8.78 Å². The number of hydrogen-bond donors (Lipinski definition) is 0. The third-order valence-corrected chi connectivity index (χ3v) is 4.43. The van der Waals surface area contributed by atoms with E-state index in [0.29, 0.717) is 18.5 Å². The number of allylic oxidation sites excluding steroid dienone is 1. The third-order valence-electron chi connectivity index (χ3n) is 4.43. The van der Waals surface area contributed by atoms with E-state index in [2.05, 4.69) is 11.1 Å². The Morgan fingerprint density at radius 1 is 0.808 bits per heavy atom. The highest BCUT2D eigenvalue weighted by atomic mass is 19.1. The zero-order valence-corrected chi connectivity index (χ0v) is 14.1. The molecule has 0 radical (unpaired) electrons. The van der Waals surface area contributed by atoms with Crippen molar-refractivity contribution in [2.24, 2.45) is 4.99 Å². The fraction of sp³-hybridized carbons (Fsp3) is 0.0870. The SMILES string of the molecule is Fc1cc(F)cc(Cc2ccc3c(c2)C(/C=C/c2ccccc2)=NC3)c1. The van der Waals surface area contributed by atoms with E-state index in [1.165, 1.54) is 17.7 Å². The number of rotatable bonds is 4. The van der Waals surface area contributed by atoms with Crippen molar-refractivity contribution >= 4 is 11.8 Å². The molecule has 0 saturated carbocycles. The lowest BCUT2D eigenvalue weighted by Gasteiger charge is -2.07. The van der Waals surface area contributed by atoms with Gasteiger partial charge < -0.3 is 0 Å². The van der Waals surface area contributed by atoms with Crippen LogP contribution in [0.4, 0.5) is 8.78 Å². The Kier molecular flexibility index (Phi) is 4.44. The Bertz CT molecular complexity index is 984. The standard InChI is InChI=1S/C23H17F2N/c24-20-11-18(12-21(25)14-20)10-17-6-8-19-15-26-23(22(19)13-17)9-7-16-4-2-1-3-5-16/h1-9,11-14H,10,15H2/b9-7+. The summed E-state index contributed by atoms with van der Waals surface area (Å²) in [5.41, 5.74) is 5.96. The Hall–Kier alpha value is -3.07. The van der Waals surface area contributed by atoms with Crippen LogP contribution >= 0.6 is 0 Å². The molecule has 1 nitrogen and oxygen atoms in total. The molecule has 26 heavy (non-hydrogen) atoms. The van der Waals surface area contributed by atoms with Crippen LogP contribution in [-0.2, 0) is 13.0 Å². The van der Waals surface area contributed by atoms with Gasteiger partial charge in [0.2, 0.25) is 0 Å². The quantitative estimate of drug-likeness (QED) is 0.586. The van der Waals surface area contributed by atoms with Crippen LogP contribution < -0.4 is 0 Å². The van der Waals surface area contributed by atoms with Crippen LogP contribution in [-0.4, -0.2) is 5.71 Å². The Morgan fingerprint density at radius 2 is 1.58 bits per heavy atom. The lowest BCUT2D eigenvalue weighted by Crippen LogP contribution is -1.98. The van der Waals surface area contributed by atoms with Gasteiger partial charge in [-0.3, -0.25) is 4.99 Å². The van der Waals surface area contributed by atoms with Crippen molar-refractivity contribution in [2.75, 3.05) is 0 Å². The first-order valence-corrected chi connectivity index (χ1v) is 8.52. The van der Waals surface area contributed by atoms with Gasteiger partial charge >= 0.3 is 0 Å². The molecule has 0 aromatic heterocycles. The molecule has 3 heteroatoms. The van der Waals surface area contributed by atoms with Gasteiger partial charge in [-0.1, -0.05) is 48.5 Å². The Labute approximate surface area is 151 Å². The van der Waals surface area contributed by atoms with Crippen molar-refractivity contribution in [1.82, 2.24) is 0 Å². The topological polar surface area (TPSA) is 12.4 Å². The van der Waals surface area contributed by atoms with Crippen LogP contribution in [0, 0.1) is 11.6 Å². The fourth-order valence-electron chi connectivity index (χ4n) is 3.20. The Morgan fingerprint density at radius 3 is 2.35 bits per heavy atom. The Balaban J connectivity index is 1.58. The summed E-state index contributed by atoms with van der Waals surface area (Å²) in [6, 6.07) is 19.8. The van der Waals surface area contributed by atoms with E-state index in [4.69, 9.17) is 0 Å². The second-order valence-electron chi connectivity index (χ2n) is 6.39. The summed E-state index contributed by atoms with van der Waals surface area (Å²) in [4.78, 5) is 4.60. The summed E-state index contributed by atoms with van der Waals surface area (Å²) >= 11 is 0. The molecule has 0 unspecified atom stereocenters. The molecule has 0 aliphatic carbocycles. The second-order valence-corrected chi connectivity index (χ2v) is 6.39. The summed E-state index contributed by atoms with van der Waals surface area (Å²) in [6.07, 6.45) is 4.55. The van der Waals surface area contributed by atoms with E-state index in [1.807, 2.05) is 54.6 Å². The molecule has 128 valence electrons. The molecule has 3 aromatic carbocycles. The van der Waals surface area contributed by atoms with E-state index >= 15 is 0 Å². The maximum absolute atomic E-state index is 13.4. The van der Waals surface area contributed by atoms with Crippen molar-refractivity contribution < 1.29 is 8.78 Å². The maximum Gasteiger partial charge on any atom is 0.126 e. The van der Waals surface area contributed by atoms with Crippen molar-refractivity contribution in [2.45, 2.75) is 13.0 Å². The number of hydrogen-bond acceptors (Lipinski definition) is 1. The van der Waals surface area contributed by atoms with Crippen LogP contribution in [0.2, 0.25) is 0 Å². The smallest absolute Gasteiger partial charge is 0.126 e. The molecule has 0 N–H and O–H groups in total. The van der Waals surface area contributed by atoms with Crippen LogP contribution in [0.1, 0.15) is 27.8 Å². The van der Waals surface area contributed by atoms with E-state index in [0.717, 1.165) is 28.5 Å². The number of nitrogens with zero attached hydrogens (tertiary/aromatic N) is 1. The molecule has 0 atom stereocenters. The van der Waals surface area contributed by atoms with Crippen LogP contribution in [0.5, 0.6) is 0 Å². The highest BCUT2D eigenvalue weighted by Gasteiger charge is 2.14. The summed E-state index contributed by atoms with van der Waals surface area (Å²) < 4.78 is 26.8. The zero-order chi connectivity index (χ0) is 17.9. The average molecular weight is 345 g/mol. The van der Waals surface area contributed by atoms with Gasteiger partial charge in [-0.15, -0.1) is 0 Å². The summed E-state index contributed by atoms with van der Waals surface area (Å²) in [6.45, 7) is 0.665. The molecule has 0 fully saturated rings. The predicted molar refractivity (Wildman–Crippen MR) is 101 cm³/mol. The molecular weight excluding hydrogens is 328 g/mol. The first-order valence-electron chi connectivity index (χ1n) is 8.52. The van der Waals surface area contributed by atoms with E-state index < -0.39 is 11.6 Å². The summed E-state index contributed by atoms with van der Waals surface area (Å²) in [5, 5.41) is 0. The van der Waals surface area contributed by atoms with Crippen LogP contribution in [0.15, 0.2) is 77.8 Å². The molecule has 4 rings (SSSR count). The van der Waals surface area contributed by atoms with Crippen molar-refractivity contribution in [3.8, 4) is 0 Å². The van der Waals surface area contributed by atoms with Gasteiger partial charge in [0.1, 0.15) is 11.6 Å². The minimum absolute atomic E-state index is 0.484. The third kappa shape index (κ3) is 3.62. The zero-order valence-electron chi connectivity index (χ0n) is 14.1. The van der Waals surface area contributed by atoms with Gasteiger partial charge in [-0.2, -0.15) is 0 Å². The lowest BCUT2D eigenvalue weighted by molar-refractivity contribution is 0.580. The minimum Gasteiger partial charge on any atom is -0.280 e. The molecule has 0 amide bonds. The second kappa shape index (κ2) is 7.04. The fourth-order valence-corrected chi connectivity index (χ4v) is 3.20. The van der Waals surface area contributed by atoms with Gasteiger partial charge in [0.05, 0.1) is 12.3 Å². The molecule has 3 aromatic rings. The van der Waals surface area contributed by atoms with Gasteiger partial charge in [0.25, 0.3) is 0 Å². The van der Waals surface area contributed by atoms with Crippen molar-refractivity contribution in [3.05, 3.63) is 112 Å². The maximum atomic E-state index is 13.4. The molecule has 1 heterocycles. The van der Waals surface area contributed by atoms with E-state index in [1.54, 1.807) is 0 Å². The average Bonchev–Trinajstić information content (AvgIpc) is 3.02.